The second-order valence-electron chi connectivity index (χ2n) is 6.36. The highest BCUT2D eigenvalue weighted by molar-refractivity contribution is 5.70. The molecule has 6 N–H and O–H groups in total. The molecule has 2 aromatic heterocycles. The first kappa shape index (κ1) is 17.4. The summed E-state index contributed by atoms with van der Waals surface area (Å²) in [5.41, 5.74) is 16.8. The Bertz CT molecular complexity index is 951. The Kier molecular flexibility index (Phi) is 4.76. The smallest absolute Gasteiger partial charge is 0.130 e. The van der Waals surface area contributed by atoms with Crippen molar-refractivity contribution in [3.63, 3.8) is 0 Å². The SMILES string of the molecule is Nc1ccc(Nc2ccc(-c3ccc(Nc4ccc(N)cn4)cc3)cc2)nc1. The lowest BCUT2D eigenvalue weighted by Crippen LogP contribution is -1.95. The van der Waals surface area contributed by atoms with Crippen LogP contribution in [0, 0.1) is 0 Å². The van der Waals surface area contributed by atoms with Gasteiger partial charge in [0.1, 0.15) is 11.6 Å². The van der Waals surface area contributed by atoms with Gasteiger partial charge in [0, 0.05) is 11.4 Å². The maximum atomic E-state index is 5.66. The van der Waals surface area contributed by atoms with Gasteiger partial charge in [0.25, 0.3) is 0 Å². The van der Waals surface area contributed by atoms with Gasteiger partial charge in [-0.25, -0.2) is 9.97 Å². The molecule has 0 radical (unpaired) electrons. The topological polar surface area (TPSA) is 102 Å². The van der Waals surface area contributed by atoms with Crippen LogP contribution >= 0.6 is 0 Å². The van der Waals surface area contributed by atoms with Gasteiger partial charge >= 0.3 is 0 Å². The number of benzene rings is 2. The highest BCUT2D eigenvalue weighted by atomic mass is 15.0. The molecule has 138 valence electrons. The zero-order valence-corrected chi connectivity index (χ0v) is 15.1. The minimum atomic E-state index is 0.644. The number of aromatic nitrogens is 2. The number of hydrogen-bond donors (Lipinski definition) is 4. The Hall–Kier alpha value is -4.06. The van der Waals surface area contributed by atoms with E-state index in [2.05, 4.69) is 44.9 Å². The first-order chi connectivity index (χ1) is 13.7. The van der Waals surface area contributed by atoms with Crippen molar-refractivity contribution in [1.82, 2.24) is 9.97 Å². The van der Waals surface area contributed by atoms with Crippen LogP contribution < -0.4 is 22.1 Å². The van der Waals surface area contributed by atoms with Crippen LogP contribution in [0.25, 0.3) is 11.1 Å². The normalized spacial score (nSPS) is 10.4. The molecule has 0 atom stereocenters. The van der Waals surface area contributed by atoms with Gasteiger partial charge in [-0.2, -0.15) is 0 Å². The molecule has 28 heavy (non-hydrogen) atoms. The van der Waals surface area contributed by atoms with Crippen LogP contribution in [-0.2, 0) is 0 Å². The van der Waals surface area contributed by atoms with E-state index >= 15 is 0 Å². The maximum absolute atomic E-state index is 5.66. The Labute approximate surface area is 163 Å². The van der Waals surface area contributed by atoms with E-state index in [1.165, 1.54) is 0 Å². The first-order valence-corrected chi connectivity index (χ1v) is 8.83. The summed E-state index contributed by atoms with van der Waals surface area (Å²) in [5.74, 6) is 1.52. The van der Waals surface area contributed by atoms with Crippen molar-refractivity contribution in [3.8, 4) is 11.1 Å². The molecule has 0 spiro atoms. The highest BCUT2D eigenvalue weighted by Crippen LogP contribution is 2.25. The average Bonchev–Trinajstić information content (AvgIpc) is 2.73. The van der Waals surface area contributed by atoms with Crippen LogP contribution in [0.5, 0.6) is 0 Å². The fourth-order valence-electron chi connectivity index (χ4n) is 2.75. The van der Waals surface area contributed by atoms with E-state index in [4.69, 9.17) is 11.5 Å². The largest absolute Gasteiger partial charge is 0.397 e. The van der Waals surface area contributed by atoms with Gasteiger partial charge in [0.05, 0.1) is 23.8 Å². The molecule has 0 aliphatic rings. The summed E-state index contributed by atoms with van der Waals surface area (Å²) >= 11 is 0. The minimum absolute atomic E-state index is 0.644. The number of nitrogen functional groups attached to an aromatic ring is 2. The molecule has 2 aromatic carbocycles. The van der Waals surface area contributed by atoms with Crippen LogP contribution in [0.4, 0.5) is 34.4 Å². The molecule has 4 rings (SSSR count). The summed E-state index contributed by atoms with van der Waals surface area (Å²) in [6.45, 7) is 0. The van der Waals surface area contributed by atoms with E-state index in [1.54, 1.807) is 12.4 Å². The Balaban J connectivity index is 1.43. The molecule has 0 saturated heterocycles. The zero-order chi connectivity index (χ0) is 19.3. The quantitative estimate of drug-likeness (QED) is 0.404. The van der Waals surface area contributed by atoms with Crippen molar-refractivity contribution >= 4 is 34.4 Å². The van der Waals surface area contributed by atoms with Crippen molar-refractivity contribution in [2.24, 2.45) is 0 Å². The summed E-state index contributed by atoms with van der Waals surface area (Å²) in [7, 11) is 0. The minimum Gasteiger partial charge on any atom is -0.397 e. The number of pyridine rings is 2. The Morgan fingerprint density at radius 2 is 0.893 bits per heavy atom. The van der Waals surface area contributed by atoms with E-state index in [0.717, 1.165) is 34.1 Å². The van der Waals surface area contributed by atoms with Crippen LogP contribution in [0.15, 0.2) is 85.2 Å². The number of hydrogen-bond acceptors (Lipinski definition) is 6. The van der Waals surface area contributed by atoms with Crippen LogP contribution in [0.1, 0.15) is 0 Å². The van der Waals surface area contributed by atoms with E-state index < -0.39 is 0 Å². The van der Waals surface area contributed by atoms with Gasteiger partial charge in [0.2, 0.25) is 0 Å². The van der Waals surface area contributed by atoms with Gasteiger partial charge in [-0.05, 0) is 59.7 Å². The van der Waals surface area contributed by atoms with Crippen LogP contribution in [-0.4, -0.2) is 9.97 Å². The fraction of sp³-hybridized carbons (Fsp3) is 0. The Morgan fingerprint density at radius 1 is 0.500 bits per heavy atom. The van der Waals surface area contributed by atoms with E-state index in [-0.39, 0.29) is 0 Å². The predicted octanol–water partition coefficient (Wildman–Crippen LogP) is 4.80. The van der Waals surface area contributed by atoms with Gasteiger partial charge in [0.15, 0.2) is 0 Å². The van der Waals surface area contributed by atoms with Crippen LogP contribution in [0.3, 0.4) is 0 Å². The molecule has 6 nitrogen and oxygen atoms in total. The molecule has 0 fully saturated rings. The Morgan fingerprint density at radius 3 is 1.21 bits per heavy atom. The van der Waals surface area contributed by atoms with Crippen molar-refractivity contribution in [2.75, 3.05) is 22.1 Å². The predicted molar refractivity (Wildman–Crippen MR) is 116 cm³/mol. The third-order valence-electron chi connectivity index (χ3n) is 4.22. The van der Waals surface area contributed by atoms with Gasteiger partial charge in [-0.15, -0.1) is 0 Å². The van der Waals surface area contributed by atoms with E-state index in [0.29, 0.717) is 11.4 Å². The van der Waals surface area contributed by atoms with E-state index in [9.17, 15) is 0 Å². The lowest BCUT2D eigenvalue weighted by molar-refractivity contribution is 1.31. The molecule has 0 aliphatic heterocycles. The first-order valence-electron chi connectivity index (χ1n) is 8.83. The van der Waals surface area contributed by atoms with E-state index in [1.807, 2.05) is 48.5 Å². The zero-order valence-electron chi connectivity index (χ0n) is 15.1. The lowest BCUT2D eigenvalue weighted by Gasteiger charge is -2.09. The average molecular weight is 368 g/mol. The summed E-state index contributed by atoms with van der Waals surface area (Å²) in [6, 6.07) is 23.7. The summed E-state index contributed by atoms with van der Waals surface area (Å²) in [5, 5.41) is 6.52. The third kappa shape index (κ3) is 4.19. The molecule has 0 bridgehead atoms. The number of nitrogens with two attached hydrogens (primary N) is 2. The molecular formula is C22H20N6. The monoisotopic (exact) mass is 368 g/mol. The molecule has 0 unspecified atom stereocenters. The molecule has 0 aliphatic carbocycles. The second-order valence-corrected chi connectivity index (χ2v) is 6.36. The standard InChI is InChI=1S/C22H20N6/c23-17-5-11-21(25-13-17)27-19-7-1-15(2-8-19)16-3-9-20(10-4-16)28-22-12-6-18(24)14-26-22/h1-14H,23-24H2,(H,25,27)(H,26,28). The number of nitrogens with one attached hydrogen (secondary N) is 2. The molecule has 0 saturated carbocycles. The lowest BCUT2D eigenvalue weighted by atomic mass is 10.0. The fourth-order valence-corrected chi connectivity index (χ4v) is 2.75. The molecule has 6 heteroatoms. The number of rotatable bonds is 5. The summed E-state index contributed by atoms with van der Waals surface area (Å²) in [6.07, 6.45) is 3.26. The van der Waals surface area contributed by atoms with Crippen molar-refractivity contribution in [2.45, 2.75) is 0 Å². The van der Waals surface area contributed by atoms with Gasteiger partial charge < -0.3 is 22.1 Å². The van der Waals surface area contributed by atoms with Crippen LogP contribution in [0.2, 0.25) is 0 Å². The van der Waals surface area contributed by atoms with Gasteiger partial charge in [-0.1, -0.05) is 24.3 Å². The van der Waals surface area contributed by atoms with Crippen molar-refractivity contribution < 1.29 is 0 Å². The van der Waals surface area contributed by atoms with Crippen molar-refractivity contribution in [3.05, 3.63) is 85.2 Å². The van der Waals surface area contributed by atoms with Gasteiger partial charge in [-0.3, -0.25) is 0 Å². The second kappa shape index (κ2) is 7.67. The number of nitrogens with zero attached hydrogens (tertiary/aromatic N) is 2. The molecule has 0 amide bonds. The summed E-state index contributed by atoms with van der Waals surface area (Å²) in [4.78, 5) is 8.50. The van der Waals surface area contributed by atoms with Crippen molar-refractivity contribution in [1.29, 1.82) is 0 Å². The highest BCUT2D eigenvalue weighted by Gasteiger charge is 2.01. The molecule has 2 heterocycles. The molecular weight excluding hydrogens is 348 g/mol. The summed E-state index contributed by atoms with van der Waals surface area (Å²) < 4.78 is 0. The maximum Gasteiger partial charge on any atom is 0.130 e. The molecule has 4 aromatic rings. The number of anilines is 6. The third-order valence-corrected chi connectivity index (χ3v) is 4.22.